The highest BCUT2D eigenvalue weighted by molar-refractivity contribution is 5.96. The Morgan fingerprint density at radius 2 is 2.05 bits per heavy atom. The Kier molecular flexibility index (Phi) is 2.94. The summed E-state index contributed by atoms with van der Waals surface area (Å²) in [6.45, 7) is 1.70. The zero-order chi connectivity index (χ0) is 13.4. The van der Waals surface area contributed by atoms with Crippen molar-refractivity contribution in [3.63, 3.8) is 0 Å². The smallest absolute Gasteiger partial charge is 0.163 e. The van der Waals surface area contributed by atoms with E-state index in [1.54, 1.807) is 19.1 Å². The summed E-state index contributed by atoms with van der Waals surface area (Å²) in [5, 5.41) is 0. The average molecular weight is 254 g/mol. The van der Waals surface area contributed by atoms with Crippen molar-refractivity contribution in [1.82, 2.24) is 0 Å². The first-order valence-electron chi connectivity index (χ1n) is 6.52. The summed E-state index contributed by atoms with van der Waals surface area (Å²) in [6, 6.07) is 12.9. The number of fused-ring (bicyclic) bond motifs is 1. The second-order valence-electron chi connectivity index (χ2n) is 5.19. The van der Waals surface area contributed by atoms with Crippen LogP contribution in [0.3, 0.4) is 0 Å². The third kappa shape index (κ3) is 2.19. The van der Waals surface area contributed by atoms with E-state index in [1.807, 2.05) is 12.1 Å². The van der Waals surface area contributed by atoms with E-state index in [4.69, 9.17) is 0 Å². The molecule has 2 aromatic carbocycles. The molecule has 0 aliphatic heterocycles. The fourth-order valence-corrected chi connectivity index (χ4v) is 2.65. The van der Waals surface area contributed by atoms with Gasteiger partial charge in [-0.1, -0.05) is 36.4 Å². The van der Waals surface area contributed by atoms with Crippen LogP contribution in [0.5, 0.6) is 0 Å². The van der Waals surface area contributed by atoms with E-state index in [1.165, 1.54) is 17.2 Å². The summed E-state index contributed by atoms with van der Waals surface area (Å²) < 4.78 is 13.5. The second-order valence-corrected chi connectivity index (χ2v) is 5.19. The zero-order valence-electron chi connectivity index (χ0n) is 10.8. The minimum absolute atomic E-state index is 0.0263. The molecule has 1 nitrogen and oxygen atoms in total. The van der Waals surface area contributed by atoms with Gasteiger partial charge in [-0.05, 0) is 42.0 Å². The Morgan fingerprint density at radius 3 is 2.79 bits per heavy atom. The average Bonchev–Trinajstić information content (AvgIpc) is 2.39. The summed E-state index contributed by atoms with van der Waals surface area (Å²) in [5.74, 6) is 0.0197. The molecular formula is C17H15FO. The molecule has 19 heavy (non-hydrogen) atoms. The number of benzene rings is 2. The highest BCUT2D eigenvalue weighted by atomic mass is 19.1. The quantitative estimate of drug-likeness (QED) is 0.755. The number of hydrogen-bond donors (Lipinski definition) is 0. The van der Waals surface area contributed by atoms with E-state index in [-0.39, 0.29) is 11.6 Å². The van der Waals surface area contributed by atoms with E-state index in [9.17, 15) is 9.18 Å². The number of aryl methyl sites for hydroxylation is 1. The maximum absolute atomic E-state index is 13.5. The van der Waals surface area contributed by atoms with Crippen molar-refractivity contribution < 1.29 is 9.18 Å². The minimum atomic E-state index is -0.306. The molecule has 0 N–H and O–H groups in total. The molecule has 0 saturated heterocycles. The first-order chi connectivity index (χ1) is 9.15. The lowest BCUT2D eigenvalue weighted by Gasteiger charge is -2.29. The van der Waals surface area contributed by atoms with Gasteiger partial charge in [0.05, 0.1) is 0 Å². The topological polar surface area (TPSA) is 17.1 Å². The van der Waals surface area contributed by atoms with Crippen LogP contribution in [0.15, 0.2) is 42.5 Å². The number of carbonyl (C=O) groups excluding carboxylic acids is 1. The lowest BCUT2D eigenvalue weighted by Crippen LogP contribution is -2.20. The molecule has 0 fully saturated rings. The first-order valence-corrected chi connectivity index (χ1v) is 6.52. The van der Waals surface area contributed by atoms with Crippen molar-refractivity contribution in [2.24, 2.45) is 0 Å². The van der Waals surface area contributed by atoms with Gasteiger partial charge >= 0.3 is 0 Å². The standard InChI is InChI=1S/C17H15FO/c1-11-6-7-13(9-16(11)18)17(19)10-14-8-12-4-2-3-5-15(12)14/h2-7,9,14H,8,10H2,1H3. The summed E-state index contributed by atoms with van der Waals surface area (Å²) in [4.78, 5) is 12.2. The molecule has 0 saturated carbocycles. The predicted octanol–water partition coefficient (Wildman–Crippen LogP) is 4.05. The minimum Gasteiger partial charge on any atom is -0.294 e. The number of rotatable bonds is 3. The Morgan fingerprint density at radius 1 is 1.26 bits per heavy atom. The molecule has 0 radical (unpaired) electrons. The van der Waals surface area contributed by atoms with Gasteiger partial charge in [-0.15, -0.1) is 0 Å². The van der Waals surface area contributed by atoms with Crippen LogP contribution in [0.1, 0.15) is 39.4 Å². The summed E-state index contributed by atoms with van der Waals surface area (Å²) >= 11 is 0. The number of hydrogen-bond acceptors (Lipinski definition) is 1. The van der Waals surface area contributed by atoms with Crippen LogP contribution < -0.4 is 0 Å². The van der Waals surface area contributed by atoms with E-state index < -0.39 is 0 Å². The van der Waals surface area contributed by atoms with Crippen molar-refractivity contribution >= 4 is 5.78 Å². The normalized spacial score (nSPS) is 16.6. The van der Waals surface area contributed by atoms with Gasteiger partial charge in [0, 0.05) is 12.0 Å². The van der Waals surface area contributed by atoms with Crippen molar-refractivity contribution in [2.75, 3.05) is 0 Å². The van der Waals surface area contributed by atoms with E-state index in [0.29, 0.717) is 23.5 Å². The number of ketones is 1. The molecule has 1 aliphatic rings. The SMILES string of the molecule is Cc1ccc(C(=O)CC2Cc3ccccc32)cc1F. The summed E-state index contributed by atoms with van der Waals surface area (Å²) in [5.41, 5.74) is 3.65. The predicted molar refractivity (Wildman–Crippen MR) is 73.0 cm³/mol. The lowest BCUT2D eigenvalue weighted by atomic mass is 9.74. The molecule has 0 amide bonds. The molecule has 96 valence electrons. The Labute approximate surface area is 112 Å². The van der Waals surface area contributed by atoms with Crippen LogP contribution >= 0.6 is 0 Å². The van der Waals surface area contributed by atoms with Gasteiger partial charge < -0.3 is 0 Å². The van der Waals surface area contributed by atoms with Gasteiger partial charge in [-0.3, -0.25) is 4.79 Å². The monoisotopic (exact) mass is 254 g/mol. The van der Waals surface area contributed by atoms with Crippen molar-refractivity contribution in [2.45, 2.75) is 25.7 Å². The molecule has 0 spiro atoms. The third-order valence-electron chi connectivity index (χ3n) is 3.89. The van der Waals surface area contributed by atoms with Gasteiger partial charge in [-0.2, -0.15) is 0 Å². The van der Waals surface area contributed by atoms with Gasteiger partial charge in [0.15, 0.2) is 5.78 Å². The first kappa shape index (κ1) is 12.1. The molecule has 1 atom stereocenters. The molecular weight excluding hydrogens is 239 g/mol. The highest BCUT2D eigenvalue weighted by Gasteiger charge is 2.27. The Hall–Kier alpha value is -1.96. The van der Waals surface area contributed by atoms with E-state index in [2.05, 4.69) is 12.1 Å². The largest absolute Gasteiger partial charge is 0.294 e. The molecule has 1 aliphatic carbocycles. The maximum Gasteiger partial charge on any atom is 0.163 e. The van der Waals surface area contributed by atoms with Crippen LogP contribution in [-0.2, 0) is 6.42 Å². The fourth-order valence-electron chi connectivity index (χ4n) is 2.65. The van der Waals surface area contributed by atoms with Gasteiger partial charge in [0.25, 0.3) is 0 Å². The molecule has 0 aromatic heterocycles. The molecule has 2 aromatic rings. The van der Waals surface area contributed by atoms with Gasteiger partial charge in [0.2, 0.25) is 0 Å². The zero-order valence-corrected chi connectivity index (χ0v) is 10.8. The van der Waals surface area contributed by atoms with E-state index in [0.717, 1.165) is 6.42 Å². The third-order valence-corrected chi connectivity index (χ3v) is 3.89. The molecule has 0 bridgehead atoms. The fraction of sp³-hybridized carbons (Fsp3) is 0.235. The van der Waals surface area contributed by atoms with Crippen molar-refractivity contribution in [3.8, 4) is 0 Å². The summed E-state index contributed by atoms with van der Waals surface area (Å²) in [6.07, 6.45) is 1.43. The number of Topliss-reactive ketones (excluding diaryl/α,β-unsaturated/α-hetero) is 1. The van der Waals surface area contributed by atoms with Crippen LogP contribution in [-0.4, -0.2) is 5.78 Å². The van der Waals surface area contributed by atoms with Crippen LogP contribution in [0.25, 0.3) is 0 Å². The molecule has 3 rings (SSSR count). The van der Waals surface area contributed by atoms with Gasteiger partial charge in [0.1, 0.15) is 5.82 Å². The number of halogens is 1. The second kappa shape index (κ2) is 4.61. The van der Waals surface area contributed by atoms with Crippen molar-refractivity contribution in [3.05, 3.63) is 70.5 Å². The number of carbonyl (C=O) groups is 1. The molecule has 1 unspecified atom stereocenters. The summed E-state index contributed by atoms with van der Waals surface area (Å²) in [7, 11) is 0. The van der Waals surface area contributed by atoms with Crippen molar-refractivity contribution in [1.29, 1.82) is 0 Å². The lowest BCUT2D eigenvalue weighted by molar-refractivity contribution is 0.0970. The molecule has 0 heterocycles. The maximum atomic E-state index is 13.5. The van der Waals surface area contributed by atoms with Gasteiger partial charge in [-0.25, -0.2) is 4.39 Å². The molecule has 2 heteroatoms. The Balaban J connectivity index is 1.75. The highest BCUT2D eigenvalue weighted by Crippen LogP contribution is 2.37. The van der Waals surface area contributed by atoms with E-state index >= 15 is 0 Å². The van der Waals surface area contributed by atoms with Crippen LogP contribution in [0.2, 0.25) is 0 Å². The Bertz CT molecular complexity index is 645. The van der Waals surface area contributed by atoms with Crippen LogP contribution in [0.4, 0.5) is 4.39 Å². The van der Waals surface area contributed by atoms with Crippen LogP contribution in [0, 0.1) is 12.7 Å².